The molecule has 0 fully saturated rings. The number of halogens is 3. The van der Waals surface area contributed by atoms with E-state index >= 15 is 0 Å². The largest absolute Gasteiger partial charge is 0.265 e. The molecule has 2 aromatic carbocycles. The van der Waals surface area contributed by atoms with Crippen LogP contribution in [0.2, 0.25) is 10.0 Å². The summed E-state index contributed by atoms with van der Waals surface area (Å²) in [4.78, 5) is 0.268. The summed E-state index contributed by atoms with van der Waals surface area (Å²) in [6, 6.07) is 9.00. The number of hydrogen-bond donors (Lipinski definition) is 1. The summed E-state index contributed by atoms with van der Waals surface area (Å²) in [5.74, 6) is 0.222. The van der Waals surface area contributed by atoms with E-state index in [1.54, 1.807) is 36.9 Å². The summed E-state index contributed by atoms with van der Waals surface area (Å²) >= 11 is 15.4. The first-order valence-electron chi connectivity index (χ1n) is 8.34. The van der Waals surface area contributed by atoms with Crippen molar-refractivity contribution in [3.05, 3.63) is 73.3 Å². The zero-order valence-corrected chi connectivity index (χ0v) is 19.3. The molecule has 0 radical (unpaired) electrons. The summed E-state index contributed by atoms with van der Waals surface area (Å²) < 4.78 is 30.6. The van der Waals surface area contributed by atoms with Gasteiger partial charge in [-0.3, -0.25) is 9.40 Å². The van der Waals surface area contributed by atoms with Crippen LogP contribution in [0.1, 0.15) is 22.3 Å². The van der Waals surface area contributed by atoms with E-state index in [1.165, 1.54) is 0 Å². The number of aryl methyl sites for hydroxylation is 3. The fourth-order valence-corrected chi connectivity index (χ4v) is 5.48. The van der Waals surface area contributed by atoms with Crippen molar-refractivity contribution in [3.8, 4) is 0 Å². The van der Waals surface area contributed by atoms with Crippen molar-refractivity contribution >= 4 is 55.0 Å². The maximum Gasteiger partial charge on any atom is 0.263 e. The summed E-state index contributed by atoms with van der Waals surface area (Å²) in [6.07, 6.45) is 1.70. The van der Waals surface area contributed by atoms with Crippen molar-refractivity contribution in [3.63, 3.8) is 0 Å². The van der Waals surface area contributed by atoms with Crippen molar-refractivity contribution in [2.75, 3.05) is 4.72 Å². The lowest BCUT2D eigenvalue weighted by atomic mass is 10.1. The molecule has 1 N–H and O–H groups in total. The van der Waals surface area contributed by atoms with Gasteiger partial charge in [0.05, 0.1) is 26.0 Å². The third-order valence-corrected chi connectivity index (χ3v) is 7.11. The highest BCUT2D eigenvalue weighted by atomic mass is 79.9. The molecule has 0 atom stereocenters. The zero-order valence-electron chi connectivity index (χ0n) is 15.4. The predicted molar refractivity (Wildman–Crippen MR) is 117 cm³/mol. The van der Waals surface area contributed by atoms with Crippen molar-refractivity contribution in [2.24, 2.45) is 0 Å². The third kappa shape index (κ3) is 4.54. The van der Waals surface area contributed by atoms with Crippen molar-refractivity contribution in [1.29, 1.82) is 0 Å². The highest BCUT2D eigenvalue weighted by Gasteiger charge is 2.22. The lowest BCUT2D eigenvalue weighted by Gasteiger charge is -2.13. The van der Waals surface area contributed by atoms with E-state index in [1.807, 2.05) is 25.1 Å². The van der Waals surface area contributed by atoms with Crippen LogP contribution in [0.4, 0.5) is 5.82 Å². The quantitative estimate of drug-likeness (QED) is 0.484. The Bertz CT molecular complexity index is 1140. The van der Waals surface area contributed by atoms with Crippen LogP contribution < -0.4 is 4.72 Å². The molecule has 0 aliphatic carbocycles. The van der Waals surface area contributed by atoms with E-state index in [4.69, 9.17) is 23.2 Å². The maximum absolute atomic E-state index is 12.9. The van der Waals surface area contributed by atoms with E-state index in [0.29, 0.717) is 32.2 Å². The van der Waals surface area contributed by atoms with E-state index in [9.17, 15) is 8.42 Å². The minimum atomic E-state index is -3.78. The molecular weight excluding hydrogens is 485 g/mol. The number of benzene rings is 2. The molecule has 0 spiro atoms. The molecule has 5 nitrogen and oxygen atoms in total. The van der Waals surface area contributed by atoms with Gasteiger partial charge in [0.25, 0.3) is 10.0 Å². The van der Waals surface area contributed by atoms with Gasteiger partial charge in [-0.15, -0.1) is 0 Å². The second-order valence-electron chi connectivity index (χ2n) is 6.61. The fourth-order valence-electron chi connectivity index (χ4n) is 3.14. The highest BCUT2D eigenvalue weighted by Crippen LogP contribution is 2.28. The van der Waals surface area contributed by atoms with Gasteiger partial charge in [0.1, 0.15) is 0 Å². The summed E-state index contributed by atoms with van der Waals surface area (Å²) in [5, 5.41) is 5.28. The number of rotatable bonds is 5. The minimum Gasteiger partial charge on any atom is -0.265 e. The van der Waals surface area contributed by atoms with E-state index in [2.05, 4.69) is 25.8 Å². The molecule has 0 saturated heterocycles. The summed E-state index contributed by atoms with van der Waals surface area (Å²) in [5.41, 5.74) is 3.29. The first-order chi connectivity index (χ1) is 13.1. The van der Waals surface area contributed by atoms with Crippen LogP contribution in [0.25, 0.3) is 0 Å². The van der Waals surface area contributed by atoms with Crippen LogP contribution in [0.5, 0.6) is 0 Å². The van der Waals surface area contributed by atoms with Crippen LogP contribution >= 0.6 is 39.1 Å². The van der Waals surface area contributed by atoms with Gasteiger partial charge in [0, 0.05) is 6.20 Å². The number of nitrogens with one attached hydrogen (secondary N) is 1. The van der Waals surface area contributed by atoms with Gasteiger partial charge in [-0.05, 0) is 65.5 Å². The van der Waals surface area contributed by atoms with Crippen LogP contribution in [0, 0.1) is 20.8 Å². The molecule has 0 aliphatic rings. The second-order valence-corrected chi connectivity index (χ2v) is 9.89. The summed E-state index contributed by atoms with van der Waals surface area (Å²) in [7, 11) is -3.78. The van der Waals surface area contributed by atoms with Crippen molar-refractivity contribution in [1.82, 2.24) is 9.78 Å². The summed E-state index contributed by atoms with van der Waals surface area (Å²) in [6.45, 7) is 5.92. The first kappa shape index (κ1) is 21.2. The number of anilines is 1. The lowest BCUT2D eigenvalue weighted by Crippen LogP contribution is -2.17. The molecule has 3 aromatic rings. The number of aromatic nitrogens is 2. The normalized spacial score (nSPS) is 11.6. The molecule has 28 heavy (non-hydrogen) atoms. The molecule has 0 saturated carbocycles. The first-order valence-corrected chi connectivity index (χ1v) is 11.4. The Morgan fingerprint density at radius 1 is 1.07 bits per heavy atom. The Balaban J connectivity index is 1.88. The Morgan fingerprint density at radius 3 is 2.32 bits per heavy atom. The molecule has 3 rings (SSSR count). The van der Waals surface area contributed by atoms with E-state index in [0.717, 1.165) is 11.1 Å². The molecule has 0 aliphatic heterocycles. The zero-order chi connectivity index (χ0) is 20.6. The van der Waals surface area contributed by atoms with Gasteiger partial charge < -0.3 is 0 Å². The molecule has 148 valence electrons. The fraction of sp³-hybridized carbons (Fsp3) is 0.211. The van der Waals surface area contributed by atoms with Crippen LogP contribution in [0.3, 0.4) is 0 Å². The molecule has 0 amide bonds. The van der Waals surface area contributed by atoms with E-state index in [-0.39, 0.29) is 10.7 Å². The Morgan fingerprint density at radius 2 is 1.71 bits per heavy atom. The average molecular weight is 503 g/mol. The predicted octanol–water partition coefficient (Wildman–Crippen LogP) is 5.73. The van der Waals surface area contributed by atoms with Gasteiger partial charge in [-0.2, -0.15) is 5.10 Å². The Kier molecular flexibility index (Phi) is 6.10. The smallest absolute Gasteiger partial charge is 0.263 e. The molecule has 0 unspecified atom stereocenters. The van der Waals surface area contributed by atoms with Gasteiger partial charge in [0.15, 0.2) is 5.82 Å². The Labute approximate surface area is 182 Å². The van der Waals surface area contributed by atoms with Crippen molar-refractivity contribution in [2.45, 2.75) is 32.2 Å². The molecule has 1 aromatic heterocycles. The van der Waals surface area contributed by atoms with Crippen LogP contribution in [-0.4, -0.2) is 18.2 Å². The number of hydrogen-bond acceptors (Lipinski definition) is 3. The van der Waals surface area contributed by atoms with Gasteiger partial charge >= 0.3 is 0 Å². The van der Waals surface area contributed by atoms with Gasteiger partial charge in [-0.1, -0.05) is 47.0 Å². The molecule has 1 heterocycles. The average Bonchev–Trinajstić information content (AvgIpc) is 2.88. The number of nitrogens with zero attached hydrogens (tertiary/aromatic N) is 2. The van der Waals surface area contributed by atoms with E-state index < -0.39 is 10.0 Å². The second kappa shape index (κ2) is 8.06. The SMILES string of the molecule is Cc1cc(C)c(S(=O)(=O)Nc2nn(Cc3ccc(Cl)c(Cl)c3)cc2Br)c(C)c1. The maximum atomic E-state index is 12.9. The van der Waals surface area contributed by atoms with Crippen LogP contribution in [-0.2, 0) is 16.6 Å². The van der Waals surface area contributed by atoms with Crippen LogP contribution in [0.15, 0.2) is 45.9 Å². The highest BCUT2D eigenvalue weighted by molar-refractivity contribution is 9.10. The topological polar surface area (TPSA) is 64.0 Å². The minimum absolute atomic E-state index is 0.222. The van der Waals surface area contributed by atoms with Gasteiger partial charge in [0.2, 0.25) is 0 Å². The third-order valence-electron chi connectivity index (χ3n) is 4.15. The van der Waals surface area contributed by atoms with Gasteiger partial charge in [-0.25, -0.2) is 8.42 Å². The Hall–Kier alpha value is -1.54. The molecular formula is C19H18BrCl2N3O2S. The van der Waals surface area contributed by atoms with Crippen molar-refractivity contribution < 1.29 is 8.42 Å². The molecule has 0 bridgehead atoms. The number of sulfonamides is 1. The lowest BCUT2D eigenvalue weighted by molar-refractivity contribution is 0.599. The molecule has 9 heteroatoms. The monoisotopic (exact) mass is 501 g/mol. The standard InChI is InChI=1S/C19H18BrCl2N3O2S/c1-11-6-12(2)18(13(3)7-11)28(26,27)24-19-15(20)10-25(23-19)9-14-4-5-16(21)17(22)8-14/h4-8,10H,9H2,1-3H3,(H,23,24).